The van der Waals surface area contributed by atoms with Crippen LogP contribution in [0.2, 0.25) is 5.02 Å². The molecule has 0 aliphatic carbocycles. The van der Waals surface area contributed by atoms with Crippen LogP contribution in [0.15, 0.2) is 35.3 Å². The third kappa shape index (κ3) is 2.59. The van der Waals surface area contributed by atoms with Gasteiger partial charge in [-0.2, -0.15) is 0 Å². The maximum atomic E-state index is 12.5. The molecule has 0 aliphatic heterocycles. The van der Waals surface area contributed by atoms with E-state index in [1.54, 1.807) is 6.07 Å². The van der Waals surface area contributed by atoms with Gasteiger partial charge in [0.25, 0.3) is 5.91 Å². The van der Waals surface area contributed by atoms with Crippen molar-refractivity contribution in [2.75, 3.05) is 0 Å². The minimum atomic E-state index is -0.729. The number of fused-ring (bicyclic) bond motifs is 1. The highest BCUT2D eigenvalue weighted by atomic mass is 35.5. The van der Waals surface area contributed by atoms with E-state index < -0.39 is 5.91 Å². The monoisotopic (exact) mass is 327 g/mol. The standard InChI is InChI=1S/C17H14ClN3O2/c1-8-6-11(18)9(2)5-10(8)13-7-14(22)15-12(21-13)3-4-20-16(15)17(19)23/h3-7H,1-2H3,(H2,19,23)(H,21,22). The number of carbonyl (C=O) groups is 1. The Kier molecular flexibility index (Phi) is 3.66. The van der Waals surface area contributed by atoms with E-state index in [1.165, 1.54) is 12.3 Å². The molecule has 0 radical (unpaired) electrons. The van der Waals surface area contributed by atoms with Crippen LogP contribution in [-0.4, -0.2) is 15.9 Å². The average Bonchev–Trinajstić information content (AvgIpc) is 2.50. The van der Waals surface area contributed by atoms with E-state index in [1.807, 2.05) is 26.0 Å². The molecular weight excluding hydrogens is 314 g/mol. The molecule has 0 saturated heterocycles. The Balaban J connectivity index is 2.32. The summed E-state index contributed by atoms with van der Waals surface area (Å²) in [5.74, 6) is -0.729. The molecule has 0 spiro atoms. The first kappa shape index (κ1) is 15.2. The Bertz CT molecular complexity index is 1010. The minimum absolute atomic E-state index is 0.0284. The second kappa shape index (κ2) is 5.52. The molecule has 1 amide bonds. The van der Waals surface area contributed by atoms with Gasteiger partial charge in [-0.25, -0.2) is 0 Å². The molecule has 2 heterocycles. The van der Waals surface area contributed by atoms with Crippen LogP contribution >= 0.6 is 11.6 Å². The number of nitrogens with two attached hydrogens (primary N) is 1. The highest BCUT2D eigenvalue weighted by molar-refractivity contribution is 6.31. The van der Waals surface area contributed by atoms with Gasteiger partial charge in [0, 0.05) is 28.5 Å². The molecule has 0 fully saturated rings. The van der Waals surface area contributed by atoms with Gasteiger partial charge in [0.2, 0.25) is 0 Å². The van der Waals surface area contributed by atoms with E-state index in [9.17, 15) is 9.59 Å². The van der Waals surface area contributed by atoms with Crippen LogP contribution in [0.4, 0.5) is 0 Å². The molecule has 0 unspecified atom stereocenters. The molecule has 3 rings (SSSR count). The van der Waals surface area contributed by atoms with E-state index in [4.69, 9.17) is 17.3 Å². The zero-order chi connectivity index (χ0) is 16.7. The van der Waals surface area contributed by atoms with Crippen molar-refractivity contribution in [1.29, 1.82) is 0 Å². The van der Waals surface area contributed by atoms with Crippen molar-refractivity contribution in [3.8, 4) is 11.3 Å². The molecule has 116 valence electrons. The van der Waals surface area contributed by atoms with Crippen LogP contribution in [0.5, 0.6) is 0 Å². The smallest absolute Gasteiger partial charge is 0.268 e. The fourth-order valence-corrected chi connectivity index (χ4v) is 2.82. The van der Waals surface area contributed by atoms with Crippen LogP contribution in [0.1, 0.15) is 21.6 Å². The number of aromatic amines is 1. The van der Waals surface area contributed by atoms with Gasteiger partial charge in [-0.15, -0.1) is 0 Å². The van der Waals surface area contributed by atoms with Gasteiger partial charge in [0.05, 0.1) is 10.9 Å². The highest BCUT2D eigenvalue weighted by Gasteiger charge is 2.14. The highest BCUT2D eigenvalue weighted by Crippen LogP contribution is 2.28. The number of carbonyl (C=O) groups excluding carboxylic acids is 1. The van der Waals surface area contributed by atoms with Crippen molar-refractivity contribution in [2.45, 2.75) is 13.8 Å². The number of aromatic nitrogens is 2. The number of pyridine rings is 2. The van der Waals surface area contributed by atoms with Crippen LogP contribution in [-0.2, 0) is 0 Å². The number of hydrogen-bond acceptors (Lipinski definition) is 3. The Hall–Kier alpha value is -2.66. The van der Waals surface area contributed by atoms with Crippen molar-refractivity contribution < 1.29 is 4.79 Å². The van der Waals surface area contributed by atoms with Crippen molar-refractivity contribution in [1.82, 2.24) is 9.97 Å². The number of aryl methyl sites for hydroxylation is 2. The van der Waals surface area contributed by atoms with Crippen molar-refractivity contribution in [3.05, 3.63) is 62.5 Å². The largest absolute Gasteiger partial charge is 0.364 e. The number of primary amides is 1. The second-order valence-corrected chi connectivity index (χ2v) is 5.82. The number of benzene rings is 1. The van der Waals surface area contributed by atoms with Gasteiger partial charge < -0.3 is 10.7 Å². The zero-order valence-electron chi connectivity index (χ0n) is 12.6. The summed E-state index contributed by atoms with van der Waals surface area (Å²) in [6.07, 6.45) is 1.45. The Labute approximate surface area is 137 Å². The third-order valence-corrected chi connectivity index (χ3v) is 4.18. The van der Waals surface area contributed by atoms with Gasteiger partial charge in [-0.3, -0.25) is 14.6 Å². The molecule has 0 bridgehead atoms. The van der Waals surface area contributed by atoms with Crippen LogP contribution < -0.4 is 11.2 Å². The first-order valence-electron chi connectivity index (χ1n) is 6.97. The van der Waals surface area contributed by atoms with Crippen molar-refractivity contribution in [3.63, 3.8) is 0 Å². The molecule has 1 aromatic carbocycles. The molecule has 3 N–H and O–H groups in total. The lowest BCUT2D eigenvalue weighted by molar-refractivity contribution is 0.0997. The molecular formula is C17H14ClN3O2. The van der Waals surface area contributed by atoms with E-state index in [-0.39, 0.29) is 16.5 Å². The fourth-order valence-electron chi connectivity index (χ4n) is 2.60. The van der Waals surface area contributed by atoms with Gasteiger partial charge in [0.15, 0.2) is 5.43 Å². The predicted octanol–water partition coefficient (Wildman–Crippen LogP) is 2.96. The number of hydrogen-bond donors (Lipinski definition) is 2. The van der Waals surface area contributed by atoms with Gasteiger partial charge in [0.1, 0.15) is 5.69 Å². The maximum absolute atomic E-state index is 12.5. The Morgan fingerprint density at radius 2 is 1.96 bits per heavy atom. The molecule has 0 aliphatic rings. The van der Waals surface area contributed by atoms with Crippen LogP contribution in [0, 0.1) is 13.8 Å². The minimum Gasteiger partial charge on any atom is -0.364 e. The summed E-state index contributed by atoms with van der Waals surface area (Å²) < 4.78 is 0. The fraction of sp³-hybridized carbons (Fsp3) is 0.118. The summed E-state index contributed by atoms with van der Waals surface area (Å²) in [6, 6.07) is 6.87. The summed E-state index contributed by atoms with van der Waals surface area (Å²) >= 11 is 6.12. The lowest BCUT2D eigenvalue weighted by atomic mass is 10.0. The Morgan fingerprint density at radius 1 is 1.22 bits per heavy atom. The summed E-state index contributed by atoms with van der Waals surface area (Å²) in [5, 5.41) is 0.877. The van der Waals surface area contributed by atoms with Crippen LogP contribution in [0.25, 0.3) is 22.2 Å². The van der Waals surface area contributed by atoms with Crippen LogP contribution in [0.3, 0.4) is 0 Å². The Morgan fingerprint density at radius 3 is 2.65 bits per heavy atom. The second-order valence-electron chi connectivity index (χ2n) is 5.41. The number of nitrogens with one attached hydrogen (secondary N) is 1. The lowest BCUT2D eigenvalue weighted by Gasteiger charge is -2.11. The molecule has 0 atom stereocenters. The average molecular weight is 328 g/mol. The molecule has 2 aromatic heterocycles. The maximum Gasteiger partial charge on any atom is 0.268 e. The van der Waals surface area contributed by atoms with Gasteiger partial charge >= 0.3 is 0 Å². The van der Waals surface area contributed by atoms with E-state index in [2.05, 4.69) is 9.97 Å². The zero-order valence-corrected chi connectivity index (χ0v) is 13.4. The molecule has 5 nitrogen and oxygen atoms in total. The topological polar surface area (TPSA) is 88.8 Å². The van der Waals surface area contributed by atoms with E-state index >= 15 is 0 Å². The summed E-state index contributed by atoms with van der Waals surface area (Å²) in [5.41, 5.74) is 8.87. The first-order chi connectivity index (χ1) is 10.9. The quantitative estimate of drug-likeness (QED) is 0.758. The number of amides is 1. The summed E-state index contributed by atoms with van der Waals surface area (Å²) in [4.78, 5) is 31.0. The normalized spacial score (nSPS) is 10.9. The van der Waals surface area contributed by atoms with Gasteiger partial charge in [-0.1, -0.05) is 11.6 Å². The lowest BCUT2D eigenvalue weighted by Crippen LogP contribution is -2.17. The number of rotatable bonds is 2. The van der Waals surface area contributed by atoms with Gasteiger partial charge in [-0.05, 0) is 43.2 Å². The molecule has 0 saturated carbocycles. The van der Waals surface area contributed by atoms with Crippen molar-refractivity contribution in [2.24, 2.45) is 5.73 Å². The predicted molar refractivity (Wildman–Crippen MR) is 90.8 cm³/mol. The first-order valence-corrected chi connectivity index (χ1v) is 7.35. The molecule has 23 heavy (non-hydrogen) atoms. The summed E-state index contributed by atoms with van der Waals surface area (Å²) in [7, 11) is 0. The number of nitrogens with zero attached hydrogens (tertiary/aromatic N) is 1. The third-order valence-electron chi connectivity index (χ3n) is 3.77. The SMILES string of the molecule is Cc1cc(-c2cc(=O)c3c(C(N)=O)nccc3[nH]2)c(C)cc1Cl. The number of H-pyrrole nitrogens is 1. The number of halogens is 1. The van der Waals surface area contributed by atoms with E-state index in [0.29, 0.717) is 16.2 Å². The van der Waals surface area contributed by atoms with E-state index in [0.717, 1.165) is 16.7 Å². The van der Waals surface area contributed by atoms with Crippen molar-refractivity contribution >= 4 is 28.4 Å². The summed E-state index contributed by atoms with van der Waals surface area (Å²) in [6.45, 7) is 3.82. The molecule has 3 aromatic rings. The molecule has 6 heteroatoms.